The van der Waals surface area contributed by atoms with Gasteiger partial charge in [0.2, 0.25) is 5.91 Å². The molecule has 0 heterocycles. The third kappa shape index (κ3) is 7.21. The summed E-state index contributed by atoms with van der Waals surface area (Å²) < 4.78 is 11.3. The largest absolute Gasteiger partial charge is 0.497 e. The topological polar surface area (TPSA) is 50.8 Å². The molecule has 2 unspecified atom stereocenters. The zero-order valence-corrected chi connectivity index (χ0v) is 20.9. The van der Waals surface area contributed by atoms with Crippen LogP contribution < -0.4 is 10.1 Å². The van der Waals surface area contributed by atoms with Crippen LogP contribution in [0.3, 0.4) is 0 Å². The van der Waals surface area contributed by atoms with E-state index in [1.54, 1.807) is 7.11 Å². The van der Waals surface area contributed by atoms with E-state index in [-0.39, 0.29) is 17.2 Å². The molecular weight excluding hydrogens is 400 g/mol. The van der Waals surface area contributed by atoms with E-state index in [0.717, 1.165) is 63.7 Å². The number of carbonyl (C=O) groups is 1. The van der Waals surface area contributed by atoms with Crippen molar-refractivity contribution in [3.05, 3.63) is 29.3 Å². The number of amides is 1. The molecule has 0 saturated heterocycles. The summed E-state index contributed by atoms with van der Waals surface area (Å²) in [6.45, 7) is 13.4. The lowest BCUT2D eigenvalue weighted by Crippen LogP contribution is -2.42. The number of hydrogen-bond donors (Lipinski definition) is 1. The van der Waals surface area contributed by atoms with Gasteiger partial charge in [-0.2, -0.15) is 0 Å². The maximum atomic E-state index is 12.2. The second-order valence-corrected chi connectivity index (χ2v) is 10.3. The van der Waals surface area contributed by atoms with Crippen molar-refractivity contribution in [1.29, 1.82) is 0 Å². The molecule has 5 nitrogen and oxygen atoms in total. The Morgan fingerprint density at radius 3 is 2.62 bits per heavy atom. The smallest absolute Gasteiger partial charge is 0.223 e. The van der Waals surface area contributed by atoms with Gasteiger partial charge in [-0.15, -0.1) is 0 Å². The molecule has 1 aromatic carbocycles. The number of carbonyl (C=O) groups excluding carboxylic acids is 1. The van der Waals surface area contributed by atoms with Gasteiger partial charge in [0.05, 0.1) is 13.7 Å². The van der Waals surface area contributed by atoms with Crippen LogP contribution in [0, 0.1) is 18.8 Å². The molecule has 2 fully saturated rings. The van der Waals surface area contributed by atoms with E-state index >= 15 is 0 Å². The van der Waals surface area contributed by atoms with E-state index in [1.165, 1.54) is 30.5 Å². The highest BCUT2D eigenvalue weighted by Gasteiger charge is 2.33. The summed E-state index contributed by atoms with van der Waals surface area (Å²) in [6.07, 6.45) is 6.78. The third-order valence-corrected chi connectivity index (χ3v) is 7.35. The first-order valence-electron chi connectivity index (χ1n) is 12.6. The summed E-state index contributed by atoms with van der Waals surface area (Å²) >= 11 is 0. The summed E-state index contributed by atoms with van der Waals surface area (Å²) in [7, 11) is 1.73. The van der Waals surface area contributed by atoms with Gasteiger partial charge < -0.3 is 14.8 Å². The second kappa shape index (κ2) is 11.5. The maximum Gasteiger partial charge on any atom is 0.223 e. The number of aryl methyl sites for hydroxylation is 1. The Bertz CT molecular complexity index is 744. The SMILES string of the molecule is CCOCC(C)N(CCC(C)(CCNC(=O)C1CC1)c1cc(OC)ccc1C)CC1CC1. The molecule has 2 aliphatic rings. The summed E-state index contributed by atoms with van der Waals surface area (Å²) in [5.41, 5.74) is 2.59. The van der Waals surface area contributed by atoms with Crippen molar-refractivity contribution in [3.8, 4) is 5.75 Å². The average Bonchev–Trinajstić information content (AvgIpc) is 3.69. The van der Waals surface area contributed by atoms with Gasteiger partial charge in [0.25, 0.3) is 0 Å². The number of nitrogens with one attached hydrogen (secondary N) is 1. The van der Waals surface area contributed by atoms with E-state index in [4.69, 9.17) is 9.47 Å². The first-order valence-corrected chi connectivity index (χ1v) is 12.6. The molecule has 0 radical (unpaired) electrons. The Kier molecular flexibility index (Phi) is 9.01. The molecule has 180 valence electrons. The molecule has 0 aliphatic heterocycles. The fourth-order valence-corrected chi connectivity index (χ4v) is 4.63. The zero-order valence-electron chi connectivity index (χ0n) is 20.9. The Hall–Kier alpha value is -1.59. The van der Waals surface area contributed by atoms with Crippen molar-refractivity contribution in [2.45, 2.75) is 77.7 Å². The highest BCUT2D eigenvalue weighted by atomic mass is 16.5. The first kappa shape index (κ1) is 25.0. The van der Waals surface area contributed by atoms with Gasteiger partial charge in [-0.3, -0.25) is 9.69 Å². The standard InChI is InChI=1S/C27H44N2O3/c1-6-32-19-21(3)29(18-22-8-9-22)16-14-27(4,13-15-28-26(30)23-10-11-23)25-17-24(31-5)12-7-20(25)2/h7,12,17,21-23H,6,8-11,13-16,18-19H2,1-5H3,(H,28,30). The van der Waals surface area contributed by atoms with Crippen LogP contribution in [0.2, 0.25) is 0 Å². The van der Waals surface area contributed by atoms with Gasteiger partial charge in [0.1, 0.15) is 5.75 Å². The van der Waals surface area contributed by atoms with Crippen LogP contribution in [-0.2, 0) is 14.9 Å². The fourth-order valence-electron chi connectivity index (χ4n) is 4.63. The Labute approximate surface area is 195 Å². The lowest BCUT2D eigenvalue weighted by atomic mass is 9.74. The predicted molar refractivity (Wildman–Crippen MR) is 130 cm³/mol. The lowest BCUT2D eigenvalue weighted by molar-refractivity contribution is -0.122. The van der Waals surface area contributed by atoms with Gasteiger partial charge in [-0.05, 0) is 100 Å². The number of ether oxygens (including phenoxy) is 2. The van der Waals surface area contributed by atoms with E-state index < -0.39 is 0 Å². The molecule has 3 rings (SSSR count). The summed E-state index contributed by atoms with van der Waals surface area (Å²) in [5, 5.41) is 3.19. The van der Waals surface area contributed by atoms with Gasteiger partial charge in [-0.25, -0.2) is 0 Å². The van der Waals surface area contributed by atoms with Crippen molar-refractivity contribution >= 4 is 5.91 Å². The van der Waals surface area contributed by atoms with Gasteiger partial charge >= 0.3 is 0 Å². The monoisotopic (exact) mass is 444 g/mol. The number of hydrogen-bond acceptors (Lipinski definition) is 4. The predicted octanol–water partition coefficient (Wildman–Crippen LogP) is 4.70. The van der Waals surface area contributed by atoms with Crippen molar-refractivity contribution in [2.75, 3.05) is 40.0 Å². The first-order chi connectivity index (χ1) is 15.4. The van der Waals surface area contributed by atoms with Crippen LogP contribution in [0.1, 0.15) is 70.4 Å². The summed E-state index contributed by atoms with van der Waals surface area (Å²) in [6, 6.07) is 6.82. The molecule has 1 amide bonds. The maximum absolute atomic E-state index is 12.2. The van der Waals surface area contributed by atoms with Crippen molar-refractivity contribution in [2.24, 2.45) is 11.8 Å². The molecule has 0 bridgehead atoms. The molecular formula is C27H44N2O3. The molecule has 1 N–H and O–H groups in total. The van der Waals surface area contributed by atoms with Crippen molar-refractivity contribution in [3.63, 3.8) is 0 Å². The van der Waals surface area contributed by atoms with E-state index in [9.17, 15) is 4.79 Å². The molecule has 0 spiro atoms. The third-order valence-electron chi connectivity index (χ3n) is 7.35. The van der Waals surface area contributed by atoms with Crippen molar-refractivity contribution < 1.29 is 14.3 Å². The minimum absolute atomic E-state index is 0.0391. The molecule has 1 aromatic rings. The molecule has 5 heteroatoms. The van der Waals surface area contributed by atoms with Crippen LogP contribution in [0.4, 0.5) is 0 Å². The summed E-state index contributed by atoms with van der Waals surface area (Å²) in [4.78, 5) is 14.9. The Balaban J connectivity index is 1.73. The zero-order chi connectivity index (χ0) is 23.1. The highest BCUT2D eigenvalue weighted by Crippen LogP contribution is 2.37. The second-order valence-electron chi connectivity index (χ2n) is 10.3. The number of rotatable bonds is 15. The van der Waals surface area contributed by atoms with Crippen LogP contribution >= 0.6 is 0 Å². The number of nitrogens with zero attached hydrogens (tertiary/aromatic N) is 1. The minimum atomic E-state index is -0.0391. The molecule has 2 saturated carbocycles. The van der Waals surface area contributed by atoms with Crippen molar-refractivity contribution in [1.82, 2.24) is 10.2 Å². The van der Waals surface area contributed by atoms with E-state index in [2.05, 4.69) is 50.0 Å². The Morgan fingerprint density at radius 2 is 2.00 bits per heavy atom. The fraction of sp³-hybridized carbons (Fsp3) is 0.741. The summed E-state index contributed by atoms with van der Waals surface area (Å²) in [5.74, 6) is 2.24. The van der Waals surface area contributed by atoms with Crippen LogP contribution in [-0.4, -0.2) is 56.8 Å². The molecule has 32 heavy (non-hydrogen) atoms. The van der Waals surface area contributed by atoms with Gasteiger partial charge in [0.15, 0.2) is 0 Å². The quantitative estimate of drug-likeness (QED) is 0.426. The molecule has 2 aliphatic carbocycles. The number of benzene rings is 1. The average molecular weight is 445 g/mol. The number of methoxy groups -OCH3 is 1. The van der Waals surface area contributed by atoms with E-state index in [1.807, 2.05) is 6.07 Å². The van der Waals surface area contributed by atoms with Crippen LogP contribution in [0.25, 0.3) is 0 Å². The van der Waals surface area contributed by atoms with Crippen LogP contribution in [0.5, 0.6) is 5.75 Å². The molecule has 0 aromatic heterocycles. The lowest BCUT2D eigenvalue weighted by Gasteiger charge is -2.36. The van der Waals surface area contributed by atoms with Gasteiger partial charge in [-0.1, -0.05) is 13.0 Å². The normalized spacial score (nSPS) is 18.9. The van der Waals surface area contributed by atoms with E-state index in [0.29, 0.717) is 6.04 Å². The highest BCUT2D eigenvalue weighted by molar-refractivity contribution is 5.80. The van der Waals surface area contributed by atoms with Crippen LogP contribution in [0.15, 0.2) is 18.2 Å². The van der Waals surface area contributed by atoms with Gasteiger partial charge in [0, 0.05) is 31.7 Å². The Morgan fingerprint density at radius 1 is 1.25 bits per heavy atom. The molecule has 2 atom stereocenters. The minimum Gasteiger partial charge on any atom is -0.497 e.